The summed E-state index contributed by atoms with van der Waals surface area (Å²) in [6.45, 7) is 0. The normalized spacial score (nSPS) is 12.1. The first-order valence-electron chi connectivity index (χ1n) is 6.10. The van der Waals surface area contributed by atoms with Crippen molar-refractivity contribution in [2.24, 2.45) is 5.73 Å². The molecule has 6 heteroatoms. The summed E-state index contributed by atoms with van der Waals surface area (Å²) >= 11 is 13.1. The minimum Gasteiger partial charge on any atom is -0.496 e. The number of benzene rings is 2. The number of rotatable bonds is 4. The van der Waals surface area contributed by atoms with Gasteiger partial charge in [-0.05, 0) is 51.8 Å². The number of hydrogen-bond acceptors (Lipinski definition) is 3. The molecular formula is C15H14Br2ClNO2. The van der Waals surface area contributed by atoms with E-state index in [0.29, 0.717) is 16.5 Å². The van der Waals surface area contributed by atoms with Crippen LogP contribution < -0.4 is 15.2 Å². The van der Waals surface area contributed by atoms with Crippen molar-refractivity contribution < 1.29 is 9.47 Å². The SMILES string of the molecule is COc1cc(C(N)c2cc(Br)ccc2Cl)c(OC)cc1Br. The highest BCUT2D eigenvalue weighted by molar-refractivity contribution is 9.10. The molecule has 0 aliphatic heterocycles. The Balaban J connectivity index is 2.56. The van der Waals surface area contributed by atoms with Gasteiger partial charge >= 0.3 is 0 Å². The highest BCUT2D eigenvalue weighted by atomic mass is 79.9. The van der Waals surface area contributed by atoms with Crippen molar-refractivity contribution in [1.29, 1.82) is 0 Å². The minimum atomic E-state index is -0.424. The Labute approximate surface area is 145 Å². The third kappa shape index (κ3) is 3.54. The summed E-state index contributed by atoms with van der Waals surface area (Å²) in [5.41, 5.74) is 8.00. The Bertz CT molecular complexity index is 664. The van der Waals surface area contributed by atoms with Gasteiger partial charge < -0.3 is 15.2 Å². The maximum Gasteiger partial charge on any atom is 0.133 e. The van der Waals surface area contributed by atoms with Gasteiger partial charge in [-0.3, -0.25) is 0 Å². The van der Waals surface area contributed by atoms with Crippen LogP contribution in [0, 0.1) is 0 Å². The molecule has 21 heavy (non-hydrogen) atoms. The van der Waals surface area contributed by atoms with E-state index in [4.69, 9.17) is 26.8 Å². The van der Waals surface area contributed by atoms with E-state index >= 15 is 0 Å². The molecule has 112 valence electrons. The standard InChI is InChI=1S/C15H14Br2ClNO2/c1-20-13-7-11(17)14(21-2)6-10(13)15(19)9-5-8(16)3-4-12(9)18/h3-7,15H,19H2,1-2H3. The van der Waals surface area contributed by atoms with Crippen molar-refractivity contribution in [3.8, 4) is 11.5 Å². The van der Waals surface area contributed by atoms with E-state index in [1.54, 1.807) is 14.2 Å². The lowest BCUT2D eigenvalue weighted by Gasteiger charge is -2.19. The number of hydrogen-bond donors (Lipinski definition) is 1. The highest BCUT2D eigenvalue weighted by Crippen LogP contribution is 2.39. The summed E-state index contributed by atoms with van der Waals surface area (Å²) in [6.07, 6.45) is 0. The van der Waals surface area contributed by atoms with Crippen LogP contribution in [0.2, 0.25) is 5.02 Å². The van der Waals surface area contributed by atoms with Crippen LogP contribution in [0.5, 0.6) is 11.5 Å². The second-order valence-electron chi connectivity index (χ2n) is 4.37. The van der Waals surface area contributed by atoms with E-state index in [2.05, 4.69) is 31.9 Å². The molecule has 0 aromatic heterocycles. The lowest BCUT2D eigenvalue weighted by molar-refractivity contribution is 0.395. The molecule has 0 saturated heterocycles. The van der Waals surface area contributed by atoms with Crippen LogP contribution in [0.4, 0.5) is 0 Å². The number of ether oxygens (including phenoxy) is 2. The van der Waals surface area contributed by atoms with Crippen molar-refractivity contribution >= 4 is 43.5 Å². The van der Waals surface area contributed by atoms with Gasteiger partial charge in [-0.2, -0.15) is 0 Å². The molecule has 0 spiro atoms. The van der Waals surface area contributed by atoms with Crippen LogP contribution in [-0.2, 0) is 0 Å². The summed E-state index contributed by atoms with van der Waals surface area (Å²) in [7, 11) is 3.21. The van der Waals surface area contributed by atoms with Gasteiger partial charge in [0.05, 0.1) is 24.7 Å². The van der Waals surface area contributed by atoms with Gasteiger partial charge in [-0.15, -0.1) is 0 Å². The third-order valence-electron chi connectivity index (χ3n) is 3.13. The maximum atomic E-state index is 6.38. The molecule has 0 aliphatic carbocycles. The molecule has 2 aromatic carbocycles. The van der Waals surface area contributed by atoms with Crippen LogP contribution in [0.25, 0.3) is 0 Å². The predicted octanol–water partition coefficient (Wildman–Crippen LogP) is 4.93. The first-order chi connectivity index (χ1) is 9.97. The van der Waals surface area contributed by atoms with Crippen LogP contribution in [0.3, 0.4) is 0 Å². The first-order valence-corrected chi connectivity index (χ1v) is 8.06. The largest absolute Gasteiger partial charge is 0.496 e. The number of nitrogens with two attached hydrogens (primary N) is 1. The monoisotopic (exact) mass is 433 g/mol. The van der Waals surface area contributed by atoms with E-state index in [0.717, 1.165) is 20.1 Å². The van der Waals surface area contributed by atoms with Gasteiger partial charge in [0.25, 0.3) is 0 Å². The van der Waals surface area contributed by atoms with Gasteiger partial charge in [0.2, 0.25) is 0 Å². The van der Waals surface area contributed by atoms with Crippen molar-refractivity contribution in [2.75, 3.05) is 14.2 Å². The Hall–Kier alpha value is -0.750. The third-order valence-corrected chi connectivity index (χ3v) is 4.59. The average molecular weight is 436 g/mol. The van der Waals surface area contributed by atoms with Crippen molar-refractivity contribution in [3.05, 3.63) is 55.4 Å². The van der Waals surface area contributed by atoms with E-state index in [9.17, 15) is 0 Å². The van der Waals surface area contributed by atoms with Crippen LogP contribution >= 0.6 is 43.5 Å². The molecule has 2 aromatic rings. The first kappa shape index (κ1) is 16.6. The molecule has 3 nitrogen and oxygen atoms in total. The van der Waals surface area contributed by atoms with Crippen molar-refractivity contribution in [2.45, 2.75) is 6.04 Å². The fraction of sp³-hybridized carbons (Fsp3) is 0.200. The summed E-state index contributed by atoms with van der Waals surface area (Å²) in [4.78, 5) is 0. The molecule has 0 radical (unpaired) electrons. The Morgan fingerprint density at radius 2 is 1.67 bits per heavy atom. The molecule has 0 heterocycles. The molecule has 1 atom stereocenters. The van der Waals surface area contributed by atoms with Gasteiger partial charge in [0.15, 0.2) is 0 Å². The molecule has 2 N–H and O–H groups in total. The topological polar surface area (TPSA) is 44.5 Å². The second kappa shape index (κ2) is 7.01. The summed E-state index contributed by atoms with van der Waals surface area (Å²) in [6, 6.07) is 8.85. The van der Waals surface area contributed by atoms with Crippen LogP contribution in [0.15, 0.2) is 39.3 Å². The number of methoxy groups -OCH3 is 2. The molecule has 0 aliphatic rings. The Morgan fingerprint density at radius 1 is 1.00 bits per heavy atom. The molecule has 1 unspecified atom stereocenters. The van der Waals surface area contributed by atoms with Crippen molar-refractivity contribution in [3.63, 3.8) is 0 Å². The quantitative estimate of drug-likeness (QED) is 0.741. The Kier molecular flexibility index (Phi) is 5.54. The molecule has 0 amide bonds. The highest BCUT2D eigenvalue weighted by Gasteiger charge is 2.19. The fourth-order valence-corrected chi connectivity index (χ4v) is 3.15. The molecule has 0 bridgehead atoms. The summed E-state index contributed by atoms with van der Waals surface area (Å²) < 4.78 is 12.5. The summed E-state index contributed by atoms with van der Waals surface area (Å²) in [5, 5.41) is 0.606. The van der Waals surface area contributed by atoms with Gasteiger partial charge in [0, 0.05) is 15.1 Å². The maximum absolute atomic E-state index is 6.38. The average Bonchev–Trinajstić information content (AvgIpc) is 2.48. The fourth-order valence-electron chi connectivity index (χ4n) is 2.05. The van der Waals surface area contributed by atoms with Gasteiger partial charge in [0.1, 0.15) is 11.5 Å². The lowest BCUT2D eigenvalue weighted by atomic mass is 9.98. The Morgan fingerprint density at radius 3 is 2.29 bits per heavy atom. The molecule has 2 rings (SSSR count). The zero-order valence-electron chi connectivity index (χ0n) is 11.5. The molecule has 0 fully saturated rings. The molecular weight excluding hydrogens is 421 g/mol. The van der Waals surface area contributed by atoms with E-state index in [1.807, 2.05) is 30.3 Å². The zero-order chi connectivity index (χ0) is 15.6. The van der Waals surface area contributed by atoms with Gasteiger partial charge in [-0.25, -0.2) is 0 Å². The predicted molar refractivity (Wildman–Crippen MR) is 92.4 cm³/mol. The van der Waals surface area contributed by atoms with Crippen LogP contribution in [-0.4, -0.2) is 14.2 Å². The zero-order valence-corrected chi connectivity index (χ0v) is 15.4. The van der Waals surface area contributed by atoms with Crippen molar-refractivity contribution in [1.82, 2.24) is 0 Å². The lowest BCUT2D eigenvalue weighted by Crippen LogP contribution is -2.14. The smallest absolute Gasteiger partial charge is 0.133 e. The minimum absolute atomic E-state index is 0.424. The second-order valence-corrected chi connectivity index (χ2v) is 6.55. The van der Waals surface area contributed by atoms with Gasteiger partial charge in [-0.1, -0.05) is 27.5 Å². The molecule has 0 saturated carbocycles. The number of halogens is 3. The van der Waals surface area contributed by atoms with E-state index in [-0.39, 0.29) is 0 Å². The van der Waals surface area contributed by atoms with Crippen LogP contribution in [0.1, 0.15) is 17.2 Å². The van der Waals surface area contributed by atoms with E-state index < -0.39 is 6.04 Å². The van der Waals surface area contributed by atoms with E-state index in [1.165, 1.54) is 0 Å². The summed E-state index contributed by atoms with van der Waals surface area (Å²) in [5.74, 6) is 1.36.